The normalized spacial score (nSPS) is 12.5. The molecule has 7 nitrogen and oxygen atoms in total. The SMILES string of the molecule is CSCC[C@H](N)C(=O)N[C@@H](CCCCN)C(=O)O.C[n+]1ccccc1. The molecule has 1 rings (SSSR count). The standard InChI is InChI=1S/C11H23N3O3S.C6H8N/c1-18-7-5-8(13)10(15)14-9(11(16)17)4-2-3-6-12;1-7-5-3-2-4-6-7/h8-9H,2-7,12-13H2,1H3,(H,14,15)(H,16,17);2-6H,1H3/q;+1/t8-,9-;/m0./s1. The van der Waals surface area contributed by atoms with Gasteiger partial charge in [0.15, 0.2) is 12.4 Å². The molecule has 0 aromatic carbocycles. The van der Waals surface area contributed by atoms with Gasteiger partial charge in [-0.15, -0.1) is 0 Å². The second kappa shape index (κ2) is 14.7. The number of aromatic nitrogens is 1. The van der Waals surface area contributed by atoms with E-state index < -0.39 is 24.0 Å². The molecule has 1 heterocycles. The molecule has 0 saturated carbocycles. The molecule has 0 saturated heterocycles. The Morgan fingerprint density at radius 3 is 2.28 bits per heavy atom. The van der Waals surface area contributed by atoms with Crippen LogP contribution in [0.4, 0.5) is 0 Å². The fourth-order valence-corrected chi connectivity index (χ4v) is 2.38. The molecule has 0 fully saturated rings. The van der Waals surface area contributed by atoms with Crippen LogP contribution in [0.15, 0.2) is 30.6 Å². The smallest absolute Gasteiger partial charge is 0.326 e. The average molecular weight is 372 g/mol. The van der Waals surface area contributed by atoms with E-state index >= 15 is 0 Å². The predicted molar refractivity (Wildman–Crippen MR) is 101 cm³/mol. The first-order valence-corrected chi connectivity index (χ1v) is 9.69. The van der Waals surface area contributed by atoms with Crippen LogP contribution in [0, 0.1) is 0 Å². The van der Waals surface area contributed by atoms with Crippen molar-refractivity contribution in [1.29, 1.82) is 0 Å². The van der Waals surface area contributed by atoms with Gasteiger partial charge in [0, 0.05) is 12.1 Å². The number of nitrogens with two attached hydrogens (primary N) is 2. The molecule has 1 aromatic rings. The van der Waals surface area contributed by atoms with Gasteiger partial charge in [-0.05, 0) is 44.2 Å². The van der Waals surface area contributed by atoms with E-state index in [1.165, 1.54) is 0 Å². The minimum atomic E-state index is -1.03. The number of amides is 1. The number of carbonyl (C=O) groups is 2. The number of carbonyl (C=O) groups excluding carboxylic acids is 1. The van der Waals surface area contributed by atoms with Gasteiger partial charge in [0.25, 0.3) is 0 Å². The molecule has 0 spiro atoms. The topological polar surface area (TPSA) is 122 Å². The van der Waals surface area contributed by atoms with Crippen molar-refractivity contribution in [3.8, 4) is 0 Å². The highest BCUT2D eigenvalue weighted by atomic mass is 32.2. The minimum Gasteiger partial charge on any atom is -0.480 e. The average Bonchev–Trinajstić information content (AvgIpc) is 2.59. The summed E-state index contributed by atoms with van der Waals surface area (Å²) < 4.78 is 2.00. The largest absolute Gasteiger partial charge is 0.480 e. The molecular formula is C17H31N4O3S+. The number of nitrogens with one attached hydrogen (secondary N) is 1. The number of hydrogen-bond acceptors (Lipinski definition) is 5. The van der Waals surface area contributed by atoms with Crippen molar-refractivity contribution in [2.75, 3.05) is 18.6 Å². The number of nitrogens with zero attached hydrogens (tertiary/aromatic N) is 1. The molecule has 0 unspecified atom stereocenters. The second-order valence-electron chi connectivity index (χ2n) is 5.61. The third-order valence-electron chi connectivity index (χ3n) is 3.40. The molecule has 1 aromatic heterocycles. The molecule has 0 aliphatic carbocycles. The van der Waals surface area contributed by atoms with Gasteiger partial charge in [-0.3, -0.25) is 4.79 Å². The van der Waals surface area contributed by atoms with Crippen molar-refractivity contribution in [3.63, 3.8) is 0 Å². The molecule has 25 heavy (non-hydrogen) atoms. The fourth-order valence-electron chi connectivity index (χ4n) is 1.89. The van der Waals surface area contributed by atoms with E-state index in [2.05, 4.69) is 5.32 Å². The predicted octanol–water partition coefficient (Wildman–Crippen LogP) is 0.276. The lowest BCUT2D eigenvalue weighted by Crippen LogP contribution is -2.48. The summed E-state index contributed by atoms with van der Waals surface area (Å²) in [6.07, 6.45) is 8.28. The molecule has 2 atom stereocenters. The molecular weight excluding hydrogens is 340 g/mol. The van der Waals surface area contributed by atoms with Gasteiger partial charge in [0.1, 0.15) is 13.1 Å². The summed E-state index contributed by atoms with van der Waals surface area (Å²) in [7, 11) is 2.00. The maximum absolute atomic E-state index is 11.7. The number of carboxylic acid groups (broad SMARTS) is 1. The van der Waals surface area contributed by atoms with Crippen molar-refractivity contribution in [2.24, 2.45) is 18.5 Å². The first-order chi connectivity index (χ1) is 11.9. The Labute approximate surface area is 154 Å². The van der Waals surface area contributed by atoms with E-state index in [1.807, 2.05) is 48.5 Å². The monoisotopic (exact) mass is 371 g/mol. The summed E-state index contributed by atoms with van der Waals surface area (Å²) in [6.45, 7) is 0.521. The second-order valence-corrected chi connectivity index (χ2v) is 6.60. The van der Waals surface area contributed by atoms with Crippen LogP contribution in [0.5, 0.6) is 0 Å². The third-order valence-corrected chi connectivity index (χ3v) is 4.04. The maximum atomic E-state index is 11.7. The molecule has 142 valence electrons. The van der Waals surface area contributed by atoms with E-state index in [1.54, 1.807) is 11.8 Å². The van der Waals surface area contributed by atoms with E-state index in [4.69, 9.17) is 16.6 Å². The number of thioether (sulfide) groups is 1. The van der Waals surface area contributed by atoms with Crippen molar-refractivity contribution >= 4 is 23.6 Å². The lowest BCUT2D eigenvalue weighted by molar-refractivity contribution is -0.671. The van der Waals surface area contributed by atoms with Gasteiger partial charge >= 0.3 is 5.97 Å². The summed E-state index contributed by atoms with van der Waals surface area (Å²) in [5, 5.41) is 11.5. The maximum Gasteiger partial charge on any atom is 0.326 e. The third kappa shape index (κ3) is 12.4. The zero-order chi connectivity index (χ0) is 19.1. The summed E-state index contributed by atoms with van der Waals surface area (Å²) in [4.78, 5) is 22.6. The van der Waals surface area contributed by atoms with Crippen LogP contribution in [0.2, 0.25) is 0 Å². The van der Waals surface area contributed by atoms with Crippen molar-refractivity contribution in [3.05, 3.63) is 30.6 Å². The summed E-state index contributed by atoms with van der Waals surface area (Å²) in [5.41, 5.74) is 11.0. The molecule has 0 bridgehead atoms. The Morgan fingerprint density at radius 2 is 1.84 bits per heavy atom. The number of aryl methyl sites for hydroxylation is 1. The zero-order valence-corrected chi connectivity index (χ0v) is 15.9. The molecule has 1 amide bonds. The Morgan fingerprint density at radius 1 is 1.20 bits per heavy atom. The van der Waals surface area contributed by atoms with Crippen LogP contribution in [-0.2, 0) is 16.6 Å². The van der Waals surface area contributed by atoms with Gasteiger partial charge in [0.05, 0.1) is 6.04 Å². The van der Waals surface area contributed by atoms with E-state index in [0.29, 0.717) is 25.8 Å². The Kier molecular flexibility index (Phi) is 13.7. The van der Waals surface area contributed by atoms with Crippen molar-refractivity contribution < 1.29 is 19.3 Å². The number of unbranched alkanes of at least 4 members (excludes halogenated alkanes) is 1. The van der Waals surface area contributed by atoms with Crippen LogP contribution in [0.1, 0.15) is 25.7 Å². The lowest BCUT2D eigenvalue weighted by Gasteiger charge is -2.17. The highest BCUT2D eigenvalue weighted by molar-refractivity contribution is 7.98. The molecule has 0 radical (unpaired) electrons. The highest BCUT2D eigenvalue weighted by Crippen LogP contribution is 2.03. The van der Waals surface area contributed by atoms with E-state index in [0.717, 1.165) is 12.2 Å². The lowest BCUT2D eigenvalue weighted by atomic mass is 10.1. The first-order valence-electron chi connectivity index (χ1n) is 8.30. The first kappa shape index (κ1) is 23.4. The number of aliphatic carboxylic acids is 1. The van der Waals surface area contributed by atoms with Gasteiger partial charge in [-0.2, -0.15) is 11.8 Å². The van der Waals surface area contributed by atoms with Crippen molar-refractivity contribution in [2.45, 2.75) is 37.8 Å². The van der Waals surface area contributed by atoms with Crippen LogP contribution >= 0.6 is 11.8 Å². The Bertz CT molecular complexity index is 488. The van der Waals surface area contributed by atoms with Crippen molar-refractivity contribution in [1.82, 2.24) is 5.32 Å². The Balaban J connectivity index is 0.000000676. The number of carboxylic acids is 1. The fraction of sp³-hybridized carbons (Fsp3) is 0.588. The van der Waals surface area contributed by atoms with Crippen LogP contribution in [-0.4, -0.2) is 47.6 Å². The minimum absolute atomic E-state index is 0.382. The molecule has 8 heteroatoms. The quantitative estimate of drug-likeness (QED) is 0.346. The van der Waals surface area contributed by atoms with Gasteiger partial charge in [-0.25, -0.2) is 9.36 Å². The molecule has 0 aliphatic heterocycles. The highest BCUT2D eigenvalue weighted by Gasteiger charge is 2.22. The number of rotatable bonds is 10. The van der Waals surface area contributed by atoms with Crippen LogP contribution in [0.25, 0.3) is 0 Å². The van der Waals surface area contributed by atoms with Crippen LogP contribution in [0.3, 0.4) is 0 Å². The number of pyridine rings is 1. The summed E-state index contributed by atoms with van der Waals surface area (Å²) in [5.74, 6) is -0.652. The molecule has 0 aliphatic rings. The zero-order valence-electron chi connectivity index (χ0n) is 15.1. The van der Waals surface area contributed by atoms with Gasteiger partial charge in [0.2, 0.25) is 5.91 Å². The van der Waals surface area contributed by atoms with Gasteiger partial charge < -0.3 is 21.9 Å². The van der Waals surface area contributed by atoms with E-state index in [9.17, 15) is 9.59 Å². The van der Waals surface area contributed by atoms with Gasteiger partial charge in [-0.1, -0.05) is 6.07 Å². The van der Waals surface area contributed by atoms with E-state index in [-0.39, 0.29) is 0 Å². The molecule has 6 N–H and O–H groups in total. The Hall–Kier alpha value is -1.64. The van der Waals surface area contributed by atoms with Crippen LogP contribution < -0.4 is 21.4 Å². The number of hydrogen-bond donors (Lipinski definition) is 4. The summed E-state index contributed by atoms with van der Waals surface area (Å²) in [6, 6.07) is 4.48. The summed E-state index contributed by atoms with van der Waals surface area (Å²) >= 11 is 1.60.